The van der Waals surface area contributed by atoms with Gasteiger partial charge >= 0.3 is 5.97 Å². The Morgan fingerprint density at radius 1 is 0.974 bits per heavy atom. The normalized spacial score (nSPS) is 14.1. The maximum absolute atomic E-state index is 13.3. The number of carbonyl (C=O) groups excluding carboxylic acids is 4. The zero-order chi connectivity index (χ0) is 29.0. The highest BCUT2D eigenvalue weighted by molar-refractivity contribution is 7.98. The van der Waals surface area contributed by atoms with Crippen molar-refractivity contribution in [3.8, 4) is 5.75 Å². The van der Waals surface area contributed by atoms with E-state index in [1.807, 2.05) is 6.26 Å². The number of amides is 4. The number of carboxylic acids is 1. The fraction of sp³-hybridized carbons (Fsp3) is 0.560. The molecule has 0 bridgehead atoms. The summed E-state index contributed by atoms with van der Waals surface area (Å²) in [4.78, 5) is 61.7. The van der Waals surface area contributed by atoms with Gasteiger partial charge in [-0.3, -0.25) is 19.2 Å². The Morgan fingerprint density at radius 3 is 2.11 bits per heavy atom. The molecule has 1 rings (SSSR count). The van der Waals surface area contributed by atoms with E-state index >= 15 is 0 Å². The fourth-order valence-electron chi connectivity index (χ4n) is 3.62. The molecule has 11 nitrogen and oxygen atoms in total. The van der Waals surface area contributed by atoms with Gasteiger partial charge in [-0.05, 0) is 61.0 Å². The number of hydrogen-bond donors (Lipinski definition) is 7. The minimum atomic E-state index is -1.19. The van der Waals surface area contributed by atoms with Gasteiger partial charge < -0.3 is 31.5 Å². The molecule has 1 aromatic rings. The standard InChI is InChI=1S/C25H38N4O7S2/c1-13(2)21(29-23(33)19(11-37)26-12-30)24(34)28-18(10-16-6-7-20(31)15(4)14(16)3)22(32)27-17(25(35)36)8-9-38-5/h6-7,12-13,17-19,21,31,37H,8-11H2,1-5H3,(H,26,30)(H,27,32)(H,28,34)(H,29,33)(H,35,36)/t17-,18+,19-,21-/m0/s1. The molecule has 0 saturated carbocycles. The molecule has 38 heavy (non-hydrogen) atoms. The second-order valence-corrected chi connectivity index (χ2v) is 10.5. The molecule has 0 saturated heterocycles. The summed E-state index contributed by atoms with van der Waals surface area (Å²) in [5.41, 5.74) is 2.01. The third kappa shape index (κ3) is 9.75. The van der Waals surface area contributed by atoms with E-state index < -0.39 is 47.9 Å². The highest BCUT2D eigenvalue weighted by Crippen LogP contribution is 2.24. The zero-order valence-electron chi connectivity index (χ0n) is 22.2. The van der Waals surface area contributed by atoms with Crippen molar-refractivity contribution in [3.05, 3.63) is 28.8 Å². The first-order valence-corrected chi connectivity index (χ1v) is 14.1. The van der Waals surface area contributed by atoms with Gasteiger partial charge in [-0.2, -0.15) is 24.4 Å². The van der Waals surface area contributed by atoms with Gasteiger partial charge in [0.25, 0.3) is 0 Å². The van der Waals surface area contributed by atoms with Gasteiger partial charge in [-0.1, -0.05) is 19.9 Å². The number of phenols is 1. The monoisotopic (exact) mass is 570 g/mol. The maximum Gasteiger partial charge on any atom is 0.326 e. The van der Waals surface area contributed by atoms with Crippen molar-refractivity contribution in [1.29, 1.82) is 0 Å². The van der Waals surface area contributed by atoms with Crippen molar-refractivity contribution < 1.29 is 34.2 Å². The van der Waals surface area contributed by atoms with Crippen LogP contribution in [-0.4, -0.2) is 82.2 Å². The van der Waals surface area contributed by atoms with E-state index in [9.17, 15) is 34.2 Å². The van der Waals surface area contributed by atoms with Crippen LogP contribution in [0.1, 0.15) is 37.0 Å². The number of phenolic OH excluding ortho intramolecular Hbond substituents is 1. The largest absolute Gasteiger partial charge is 0.508 e. The molecule has 0 aromatic heterocycles. The molecule has 1 aromatic carbocycles. The number of carbonyl (C=O) groups is 5. The van der Waals surface area contributed by atoms with Gasteiger partial charge in [0.15, 0.2) is 0 Å². The molecular formula is C25H38N4O7S2. The predicted octanol–water partition coefficient (Wildman–Crippen LogP) is 0.544. The van der Waals surface area contributed by atoms with E-state index in [2.05, 4.69) is 33.9 Å². The van der Waals surface area contributed by atoms with Crippen LogP contribution in [0.2, 0.25) is 0 Å². The number of hydrogen-bond acceptors (Lipinski definition) is 8. The summed E-state index contributed by atoms with van der Waals surface area (Å²) >= 11 is 5.49. The third-order valence-electron chi connectivity index (χ3n) is 6.17. The number of thiol groups is 1. The van der Waals surface area contributed by atoms with Crippen molar-refractivity contribution in [2.75, 3.05) is 17.8 Å². The highest BCUT2D eigenvalue weighted by Gasteiger charge is 2.32. The molecule has 0 heterocycles. The quantitative estimate of drug-likeness (QED) is 0.111. The molecule has 0 unspecified atom stereocenters. The lowest BCUT2D eigenvalue weighted by Crippen LogP contribution is -2.59. The van der Waals surface area contributed by atoms with Gasteiger partial charge in [0.1, 0.15) is 29.9 Å². The molecule has 6 N–H and O–H groups in total. The number of aromatic hydroxyl groups is 1. The summed E-state index contributed by atoms with van der Waals surface area (Å²) in [5, 5.41) is 29.7. The molecule has 0 aliphatic heterocycles. The summed E-state index contributed by atoms with van der Waals surface area (Å²) in [6, 6.07) is -1.21. The molecule has 0 radical (unpaired) electrons. The zero-order valence-corrected chi connectivity index (χ0v) is 23.9. The topological polar surface area (TPSA) is 174 Å². The summed E-state index contributed by atoms with van der Waals surface area (Å²) in [6.45, 7) is 6.91. The SMILES string of the molecule is CSCC[C@H](NC(=O)[C@@H](Cc1ccc(O)c(C)c1C)NC(=O)[C@@H](NC(=O)[C@H](CS)NC=O)C(C)C)C(=O)O. The summed E-state index contributed by atoms with van der Waals surface area (Å²) in [7, 11) is 0. The number of carboxylic acid groups (broad SMARTS) is 1. The number of nitrogens with one attached hydrogen (secondary N) is 4. The first kappa shape index (κ1) is 33.1. The van der Waals surface area contributed by atoms with Gasteiger partial charge in [-0.15, -0.1) is 0 Å². The van der Waals surface area contributed by atoms with Crippen molar-refractivity contribution in [1.82, 2.24) is 21.3 Å². The summed E-state index contributed by atoms with van der Waals surface area (Å²) in [6.07, 6.45) is 2.40. The van der Waals surface area contributed by atoms with E-state index in [4.69, 9.17) is 0 Å². The molecule has 0 aliphatic carbocycles. The lowest BCUT2D eigenvalue weighted by Gasteiger charge is -2.27. The molecule has 0 spiro atoms. The Kier molecular flexibility index (Phi) is 14.0. The number of rotatable bonds is 16. The van der Waals surface area contributed by atoms with Crippen LogP contribution in [0, 0.1) is 19.8 Å². The smallest absolute Gasteiger partial charge is 0.326 e. The molecule has 4 amide bonds. The van der Waals surface area contributed by atoms with Crippen LogP contribution < -0.4 is 21.3 Å². The first-order valence-electron chi connectivity index (χ1n) is 12.1. The van der Waals surface area contributed by atoms with Crippen LogP contribution in [0.15, 0.2) is 12.1 Å². The van der Waals surface area contributed by atoms with Crippen LogP contribution in [0.4, 0.5) is 0 Å². The fourth-order valence-corrected chi connectivity index (χ4v) is 4.36. The second kappa shape index (κ2) is 16.1. The van der Waals surface area contributed by atoms with E-state index in [1.165, 1.54) is 17.8 Å². The molecule has 0 fully saturated rings. The molecule has 4 atom stereocenters. The van der Waals surface area contributed by atoms with E-state index in [1.54, 1.807) is 33.8 Å². The van der Waals surface area contributed by atoms with Gasteiger partial charge in [0.2, 0.25) is 24.1 Å². The Morgan fingerprint density at radius 2 is 1.58 bits per heavy atom. The average Bonchev–Trinajstić information content (AvgIpc) is 2.87. The molecule has 0 aliphatic rings. The van der Waals surface area contributed by atoms with Crippen LogP contribution in [0.5, 0.6) is 5.75 Å². The van der Waals surface area contributed by atoms with Crippen LogP contribution in [0.25, 0.3) is 0 Å². The Bertz CT molecular complexity index is 1010. The van der Waals surface area contributed by atoms with Crippen molar-refractivity contribution in [2.45, 2.75) is 64.7 Å². The van der Waals surface area contributed by atoms with E-state index in [0.29, 0.717) is 23.3 Å². The molecule has 13 heteroatoms. The van der Waals surface area contributed by atoms with Gasteiger partial charge in [0, 0.05) is 12.2 Å². The van der Waals surface area contributed by atoms with Crippen molar-refractivity contribution in [3.63, 3.8) is 0 Å². The van der Waals surface area contributed by atoms with Crippen LogP contribution >= 0.6 is 24.4 Å². The summed E-state index contributed by atoms with van der Waals surface area (Å²) < 4.78 is 0. The lowest BCUT2D eigenvalue weighted by molar-refractivity contribution is -0.142. The van der Waals surface area contributed by atoms with Crippen molar-refractivity contribution in [2.24, 2.45) is 5.92 Å². The lowest BCUT2D eigenvalue weighted by atomic mass is 9.95. The minimum Gasteiger partial charge on any atom is -0.508 e. The Labute approximate surface area is 232 Å². The molecular weight excluding hydrogens is 532 g/mol. The number of thioether (sulfide) groups is 1. The summed E-state index contributed by atoms with van der Waals surface area (Å²) in [5.74, 6) is -2.93. The van der Waals surface area contributed by atoms with Gasteiger partial charge in [-0.25, -0.2) is 4.79 Å². The van der Waals surface area contributed by atoms with Gasteiger partial charge in [0.05, 0.1) is 0 Å². The van der Waals surface area contributed by atoms with Crippen molar-refractivity contribution >= 4 is 54.5 Å². The van der Waals surface area contributed by atoms with E-state index in [0.717, 1.165) is 5.56 Å². The van der Waals surface area contributed by atoms with Crippen LogP contribution in [0.3, 0.4) is 0 Å². The molecule has 212 valence electrons. The third-order valence-corrected chi connectivity index (χ3v) is 7.18. The predicted molar refractivity (Wildman–Crippen MR) is 149 cm³/mol. The van der Waals surface area contributed by atoms with E-state index in [-0.39, 0.29) is 30.3 Å². The number of aliphatic carboxylic acids is 1. The maximum atomic E-state index is 13.3. The second-order valence-electron chi connectivity index (χ2n) is 9.19. The first-order chi connectivity index (χ1) is 17.9. The highest BCUT2D eigenvalue weighted by atomic mass is 32.2. The Hall–Kier alpha value is -2.93. The minimum absolute atomic E-state index is 0.00808. The number of benzene rings is 1. The average molecular weight is 571 g/mol. The van der Waals surface area contributed by atoms with Crippen LogP contribution in [-0.2, 0) is 30.4 Å². The Balaban J connectivity index is 3.27.